The number of halogens is 1. The molecule has 2 aromatic heterocycles. The van der Waals surface area contributed by atoms with E-state index in [0.717, 1.165) is 17.9 Å². The Labute approximate surface area is 99.0 Å². The molecule has 4 N–H and O–H groups in total. The lowest BCUT2D eigenvalue weighted by Gasteiger charge is -1.98. The smallest absolute Gasteiger partial charge is 0.174 e. The highest BCUT2D eigenvalue weighted by Gasteiger charge is 2.06. The zero-order valence-corrected chi connectivity index (χ0v) is 9.78. The first-order valence-electron chi connectivity index (χ1n) is 4.70. The van der Waals surface area contributed by atoms with E-state index in [2.05, 4.69) is 15.4 Å². The van der Waals surface area contributed by atoms with Crippen LogP contribution in [0.15, 0.2) is 30.7 Å². The molecule has 0 aliphatic rings. The Morgan fingerprint density at radius 3 is 2.94 bits per heavy atom. The van der Waals surface area contributed by atoms with E-state index in [4.69, 9.17) is 11.6 Å². The van der Waals surface area contributed by atoms with Crippen molar-refractivity contribution in [3.8, 4) is 5.69 Å². The summed E-state index contributed by atoms with van der Waals surface area (Å²) in [6.07, 6.45) is 5.31. The van der Waals surface area contributed by atoms with Crippen LogP contribution in [0.2, 0.25) is 5.15 Å². The van der Waals surface area contributed by atoms with E-state index in [9.17, 15) is 0 Å². The molecule has 0 aromatic carbocycles. The first kappa shape index (κ1) is 12.5. The van der Waals surface area contributed by atoms with E-state index >= 15 is 0 Å². The topological polar surface area (TPSA) is 77.7 Å². The summed E-state index contributed by atoms with van der Waals surface area (Å²) in [5.74, 6) is 0. The van der Waals surface area contributed by atoms with Gasteiger partial charge < -0.3 is 11.5 Å². The van der Waals surface area contributed by atoms with Gasteiger partial charge in [-0.2, -0.15) is 5.10 Å². The lowest BCUT2D eigenvalue weighted by Crippen LogP contribution is -1.96. The van der Waals surface area contributed by atoms with Gasteiger partial charge in [0.25, 0.3) is 0 Å². The average Bonchev–Trinajstić information content (AvgIpc) is 2.63. The summed E-state index contributed by atoms with van der Waals surface area (Å²) in [6.45, 7) is 2.83. The van der Waals surface area contributed by atoms with Crippen molar-refractivity contribution in [1.82, 2.24) is 20.9 Å². The van der Waals surface area contributed by atoms with Crippen LogP contribution in [0, 0.1) is 0 Å². The van der Waals surface area contributed by atoms with E-state index in [1.54, 1.807) is 17.1 Å². The van der Waals surface area contributed by atoms with E-state index in [1.807, 2.05) is 25.3 Å². The highest BCUT2D eigenvalue weighted by molar-refractivity contribution is 6.32. The molecule has 0 aliphatic heterocycles. The van der Waals surface area contributed by atoms with Crippen molar-refractivity contribution in [3.63, 3.8) is 0 Å². The molecule has 0 unspecified atom stereocenters. The largest absolute Gasteiger partial charge is 0.382 e. The predicted molar refractivity (Wildman–Crippen MR) is 65.6 cm³/mol. The third kappa shape index (κ3) is 2.50. The van der Waals surface area contributed by atoms with Gasteiger partial charge in [0, 0.05) is 12.7 Å². The summed E-state index contributed by atoms with van der Waals surface area (Å²) in [5, 5.41) is 7.78. The fraction of sp³-hybridized carbons (Fsp3) is 0.200. The molecule has 0 amide bonds. The molecule has 0 bridgehead atoms. The van der Waals surface area contributed by atoms with Gasteiger partial charge in [-0.15, -0.1) is 0 Å². The third-order valence-corrected chi connectivity index (χ3v) is 2.23. The molecule has 2 heterocycles. The molecule has 0 fully saturated rings. The lowest BCUT2D eigenvalue weighted by molar-refractivity contribution is 0.874. The molecule has 6 heteroatoms. The maximum atomic E-state index is 5.96. The summed E-state index contributed by atoms with van der Waals surface area (Å²) in [4.78, 5) is 4.02. The quantitative estimate of drug-likeness (QED) is 0.863. The van der Waals surface area contributed by atoms with E-state index in [1.165, 1.54) is 0 Å². The van der Waals surface area contributed by atoms with Gasteiger partial charge in [0.15, 0.2) is 5.15 Å². The van der Waals surface area contributed by atoms with Gasteiger partial charge in [-0.05, 0) is 19.1 Å². The zero-order valence-electron chi connectivity index (χ0n) is 9.02. The standard InChI is InChI=1S/C10H11ClN4.H3N/c1-2-13-9-7-15(14-10(9)11)8-4-3-5-12-6-8;/h3-7,13H,2H2,1H3;1H3. The van der Waals surface area contributed by atoms with Gasteiger partial charge in [0.2, 0.25) is 0 Å². The van der Waals surface area contributed by atoms with Crippen LogP contribution < -0.4 is 11.5 Å². The van der Waals surface area contributed by atoms with Crippen LogP contribution in [0.3, 0.4) is 0 Å². The van der Waals surface area contributed by atoms with E-state index < -0.39 is 0 Å². The van der Waals surface area contributed by atoms with Crippen molar-refractivity contribution in [2.75, 3.05) is 11.9 Å². The van der Waals surface area contributed by atoms with Gasteiger partial charge in [-0.25, -0.2) is 4.68 Å². The Bertz CT molecular complexity index is 440. The maximum absolute atomic E-state index is 5.96. The van der Waals surface area contributed by atoms with Crippen LogP contribution in [0.5, 0.6) is 0 Å². The van der Waals surface area contributed by atoms with Crippen molar-refractivity contribution in [2.24, 2.45) is 0 Å². The number of nitrogens with one attached hydrogen (secondary N) is 1. The fourth-order valence-electron chi connectivity index (χ4n) is 1.28. The number of nitrogens with zero attached hydrogens (tertiary/aromatic N) is 3. The SMILES string of the molecule is CCNc1cn(-c2cccnc2)nc1Cl.N. The molecular formula is C10H14ClN5. The molecule has 0 spiro atoms. The third-order valence-electron chi connectivity index (χ3n) is 1.95. The molecule has 0 atom stereocenters. The van der Waals surface area contributed by atoms with Crippen LogP contribution >= 0.6 is 11.6 Å². The molecule has 2 aromatic rings. The summed E-state index contributed by atoms with van der Waals surface area (Å²) >= 11 is 5.96. The average molecular weight is 240 g/mol. The minimum Gasteiger partial charge on any atom is -0.382 e. The normalized spacial score (nSPS) is 9.62. The molecule has 0 radical (unpaired) electrons. The number of aromatic nitrogens is 3. The Balaban J connectivity index is 0.00000128. The van der Waals surface area contributed by atoms with Crippen LogP contribution in [-0.4, -0.2) is 21.3 Å². The number of rotatable bonds is 3. The molecule has 16 heavy (non-hydrogen) atoms. The van der Waals surface area contributed by atoms with Crippen LogP contribution in [-0.2, 0) is 0 Å². The molecule has 86 valence electrons. The molecule has 0 saturated heterocycles. The molecule has 2 rings (SSSR count). The van der Waals surface area contributed by atoms with Gasteiger partial charge >= 0.3 is 0 Å². The highest BCUT2D eigenvalue weighted by atomic mass is 35.5. The number of anilines is 1. The Hall–Kier alpha value is -1.59. The Morgan fingerprint density at radius 1 is 1.50 bits per heavy atom. The van der Waals surface area contributed by atoms with Crippen molar-refractivity contribution < 1.29 is 0 Å². The van der Waals surface area contributed by atoms with Crippen molar-refractivity contribution in [3.05, 3.63) is 35.9 Å². The van der Waals surface area contributed by atoms with E-state index in [0.29, 0.717) is 5.15 Å². The zero-order chi connectivity index (χ0) is 10.7. The monoisotopic (exact) mass is 239 g/mol. The number of hydrogen-bond donors (Lipinski definition) is 2. The Morgan fingerprint density at radius 2 is 2.31 bits per heavy atom. The summed E-state index contributed by atoms with van der Waals surface area (Å²) in [6, 6.07) is 3.78. The highest BCUT2D eigenvalue weighted by Crippen LogP contribution is 2.20. The maximum Gasteiger partial charge on any atom is 0.174 e. The molecular weight excluding hydrogens is 226 g/mol. The second-order valence-corrected chi connectivity index (χ2v) is 3.38. The van der Waals surface area contributed by atoms with Gasteiger partial charge in [0.05, 0.1) is 23.8 Å². The molecule has 5 nitrogen and oxygen atoms in total. The minimum absolute atomic E-state index is 0. The number of pyridine rings is 1. The molecule has 0 saturated carbocycles. The first-order valence-corrected chi connectivity index (χ1v) is 5.08. The van der Waals surface area contributed by atoms with Crippen molar-refractivity contribution in [2.45, 2.75) is 6.92 Å². The van der Waals surface area contributed by atoms with Crippen molar-refractivity contribution in [1.29, 1.82) is 0 Å². The lowest BCUT2D eigenvalue weighted by atomic mass is 10.4. The van der Waals surface area contributed by atoms with Gasteiger partial charge in [-0.1, -0.05) is 11.6 Å². The molecule has 0 aliphatic carbocycles. The Kier molecular flexibility index (Phi) is 4.28. The second-order valence-electron chi connectivity index (χ2n) is 3.02. The predicted octanol–water partition coefficient (Wildman–Crippen LogP) is 2.51. The van der Waals surface area contributed by atoms with Crippen molar-refractivity contribution >= 4 is 17.3 Å². The van der Waals surface area contributed by atoms with Gasteiger partial charge in [-0.3, -0.25) is 4.98 Å². The summed E-state index contributed by atoms with van der Waals surface area (Å²) in [5.41, 5.74) is 1.73. The number of hydrogen-bond acceptors (Lipinski definition) is 4. The van der Waals surface area contributed by atoms with E-state index in [-0.39, 0.29) is 6.15 Å². The van der Waals surface area contributed by atoms with Crippen LogP contribution in [0.1, 0.15) is 6.92 Å². The summed E-state index contributed by atoms with van der Waals surface area (Å²) < 4.78 is 1.70. The fourth-order valence-corrected chi connectivity index (χ4v) is 1.48. The minimum atomic E-state index is 0. The summed E-state index contributed by atoms with van der Waals surface area (Å²) in [7, 11) is 0. The second kappa shape index (κ2) is 5.48. The van der Waals surface area contributed by atoms with Crippen LogP contribution in [0.25, 0.3) is 5.69 Å². The van der Waals surface area contributed by atoms with Crippen LogP contribution in [0.4, 0.5) is 5.69 Å². The first-order chi connectivity index (χ1) is 7.31. The van der Waals surface area contributed by atoms with Gasteiger partial charge in [0.1, 0.15) is 0 Å².